The second-order valence-electron chi connectivity index (χ2n) is 3.43. The molecular weight excluding hydrogens is 241 g/mol. The first kappa shape index (κ1) is 13.8. The van der Waals surface area contributed by atoms with E-state index in [-0.39, 0.29) is 11.4 Å². The van der Waals surface area contributed by atoms with Crippen LogP contribution in [-0.2, 0) is 6.54 Å². The van der Waals surface area contributed by atoms with Crippen LogP contribution in [0.1, 0.15) is 11.1 Å². The van der Waals surface area contributed by atoms with Crippen molar-refractivity contribution in [2.75, 3.05) is 18.6 Å². The van der Waals surface area contributed by atoms with Gasteiger partial charge in [-0.25, -0.2) is 4.39 Å². The van der Waals surface area contributed by atoms with Gasteiger partial charge in [-0.15, -0.1) is 0 Å². The molecule has 0 aromatic heterocycles. The van der Waals surface area contributed by atoms with Crippen LogP contribution < -0.4 is 11.1 Å². The molecule has 0 fully saturated rings. The number of hydrogen-bond acceptors (Lipinski definition) is 4. The van der Waals surface area contributed by atoms with Crippen LogP contribution in [0.3, 0.4) is 0 Å². The first-order chi connectivity index (χ1) is 8.20. The first-order valence-electron chi connectivity index (χ1n) is 5.15. The SMILES string of the molecule is CSCCNCc1cccc(/C(N)=N/O)c1F. The third-order valence-corrected chi connectivity index (χ3v) is 2.87. The van der Waals surface area contributed by atoms with Gasteiger partial charge in [0.2, 0.25) is 0 Å². The Kier molecular flexibility index (Phi) is 5.79. The summed E-state index contributed by atoms with van der Waals surface area (Å²) in [5.74, 6) is 0.314. The Balaban J connectivity index is 2.73. The Bertz CT molecular complexity index is 398. The third-order valence-electron chi connectivity index (χ3n) is 2.26. The van der Waals surface area contributed by atoms with Crippen LogP contribution in [0.4, 0.5) is 4.39 Å². The Hall–Kier alpha value is -1.27. The van der Waals surface area contributed by atoms with Crippen molar-refractivity contribution in [1.82, 2.24) is 5.32 Å². The molecule has 0 saturated heterocycles. The number of nitrogens with two attached hydrogens (primary N) is 1. The molecule has 0 heterocycles. The van der Waals surface area contributed by atoms with E-state index in [0.29, 0.717) is 12.1 Å². The van der Waals surface area contributed by atoms with Crippen LogP contribution in [0.15, 0.2) is 23.4 Å². The number of amidine groups is 1. The van der Waals surface area contributed by atoms with Crippen LogP contribution in [0.5, 0.6) is 0 Å². The number of thioether (sulfide) groups is 1. The molecule has 0 amide bonds. The molecule has 4 N–H and O–H groups in total. The number of oxime groups is 1. The van der Waals surface area contributed by atoms with Crippen LogP contribution >= 0.6 is 11.8 Å². The number of benzene rings is 1. The number of rotatable bonds is 6. The summed E-state index contributed by atoms with van der Waals surface area (Å²) < 4.78 is 13.9. The van der Waals surface area contributed by atoms with Crippen LogP contribution in [0.25, 0.3) is 0 Å². The Morgan fingerprint density at radius 3 is 3.00 bits per heavy atom. The van der Waals surface area contributed by atoms with Gasteiger partial charge in [0.15, 0.2) is 5.84 Å². The second kappa shape index (κ2) is 7.13. The molecule has 0 spiro atoms. The zero-order chi connectivity index (χ0) is 12.7. The maximum Gasteiger partial charge on any atom is 0.173 e. The summed E-state index contributed by atoms with van der Waals surface area (Å²) in [4.78, 5) is 0. The van der Waals surface area contributed by atoms with E-state index in [1.54, 1.807) is 23.9 Å². The zero-order valence-electron chi connectivity index (χ0n) is 9.61. The van der Waals surface area contributed by atoms with Gasteiger partial charge in [-0.05, 0) is 12.3 Å². The van der Waals surface area contributed by atoms with E-state index in [4.69, 9.17) is 10.9 Å². The quantitative estimate of drug-likeness (QED) is 0.237. The number of halogens is 1. The van der Waals surface area contributed by atoms with Crippen molar-refractivity contribution >= 4 is 17.6 Å². The fraction of sp³-hybridized carbons (Fsp3) is 0.364. The van der Waals surface area contributed by atoms with Crippen molar-refractivity contribution in [3.05, 3.63) is 35.1 Å². The van der Waals surface area contributed by atoms with Crippen molar-refractivity contribution in [2.45, 2.75) is 6.54 Å². The minimum Gasteiger partial charge on any atom is -0.409 e. The van der Waals surface area contributed by atoms with E-state index in [1.807, 2.05) is 6.26 Å². The highest BCUT2D eigenvalue weighted by Crippen LogP contribution is 2.12. The van der Waals surface area contributed by atoms with Gasteiger partial charge in [0, 0.05) is 24.4 Å². The monoisotopic (exact) mass is 257 g/mol. The van der Waals surface area contributed by atoms with E-state index in [0.717, 1.165) is 12.3 Å². The third kappa shape index (κ3) is 3.90. The fourth-order valence-corrected chi connectivity index (χ4v) is 1.71. The van der Waals surface area contributed by atoms with E-state index >= 15 is 0 Å². The lowest BCUT2D eigenvalue weighted by atomic mass is 10.1. The van der Waals surface area contributed by atoms with Gasteiger partial charge in [-0.2, -0.15) is 11.8 Å². The molecule has 0 radical (unpaired) electrons. The van der Waals surface area contributed by atoms with Gasteiger partial charge >= 0.3 is 0 Å². The summed E-state index contributed by atoms with van der Waals surface area (Å²) in [5.41, 5.74) is 6.01. The highest BCUT2D eigenvalue weighted by molar-refractivity contribution is 7.98. The molecule has 0 atom stereocenters. The van der Waals surface area contributed by atoms with Gasteiger partial charge in [0.25, 0.3) is 0 Å². The van der Waals surface area contributed by atoms with Crippen molar-refractivity contribution in [2.24, 2.45) is 10.9 Å². The zero-order valence-corrected chi connectivity index (χ0v) is 10.4. The average Bonchev–Trinajstić information content (AvgIpc) is 2.35. The van der Waals surface area contributed by atoms with E-state index in [2.05, 4.69) is 10.5 Å². The predicted octanol–water partition coefficient (Wildman–Crippen LogP) is 1.37. The smallest absolute Gasteiger partial charge is 0.173 e. The summed E-state index contributed by atoms with van der Waals surface area (Å²) in [6.45, 7) is 1.24. The van der Waals surface area contributed by atoms with Crippen molar-refractivity contribution in [3.63, 3.8) is 0 Å². The molecule has 1 rings (SSSR count). The fourth-order valence-electron chi connectivity index (χ4n) is 1.37. The van der Waals surface area contributed by atoms with Crippen molar-refractivity contribution in [1.29, 1.82) is 0 Å². The van der Waals surface area contributed by atoms with E-state index < -0.39 is 5.82 Å². The lowest BCUT2D eigenvalue weighted by molar-refractivity contribution is 0.318. The first-order valence-corrected chi connectivity index (χ1v) is 6.55. The van der Waals surface area contributed by atoms with E-state index in [1.165, 1.54) is 6.07 Å². The minimum atomic E-state index is -0.445. The molecule has 0 unspecified atom stereocenters. The van der Waals surface area contributed by atoms with Gasteiger partial charge < -0.3 is 16.3 Å². The lowest BCUT2D eigenvalue weighted by Crippen LogP contribution is -2.20. The second-order valence-corrected chi connectivity index (χ2v) is 4.42. The molecule has 17 heavy (non-hydrogen) atoms. The predicted molar refractivity (Wildman–Crippen MR) is 69.0 cm³/mol. The Morgan fingerprint density at radius 2 is 2.35 bits per heavy atom. The molecule has 0 bridgehead atoms. The van der Waals surface area contributed by atoms with Crippen LogP contribution in [0.2, 0.25) is 0 Å². The normalized spacial score (nSPS) is 11.8. The molecule has 0 aliphatic rings. The largest absolute Gasteiger partial charge is 0.409 e. The topological polar surface area (TPSA) is 70.6 Å². The summed E-state index contributed by atoms with van der Waals surface area (Å²) in [7, 11) is 0. The van der Waals surface area contributed by atoms with E-state index in [9.17, 15) is 4.39 Å². The lowest BCUT2D eigenvalue weighted by Gasteiger charge is -2.08. The van der Waals surface area contributed by atoms with Crippen molar-refractivity contribution < 1.29 is 9.60 Å². The number of nitrogens with zero attached hydrogens (tertiary/aromatic N) is 1. The molecule has 1 aromatic rings. The average molecular weight is 257 g/mol. The molecule has 94 valence electrons. The van der Waals surface area contributed by atoms with Gasteiger partial charge in [-0.1, -0.05) is 17.3 Å². The summed E-state index contributed by atoms with van der Waals surface area (Å²) in [6, 6.07) is 4.84. The molecule has 0 aliphatic carbocycles. The van der Waals surface area contributed by atoms with Gasteiger partial charge in [0.05, 0.1) is 5.56 Å². The summed E-state index contributed by atoms with van der Waals surface area (Å²) in [6.07, 6.45) is 2.02. The molecule has 6 heteroatoms. The molecular formula is C11H16FN3OS. The Morgan fingerprint density at radius 1 is 1.59 bits per heavy atom. The molecule has 0 saturated carbocycles. The maximum absolute atomic E-state index is 13.9. The highest BCUT2D eigenvalue weighted by atomic mass is 32.2. The van der Waals surface area contributed by atoms with Crippen LogP contribution in [-0.4, -0.2) is 29.6 Å². The number of hydrogen-bond donors (Lipinski definition) is 3. The molecule has 4 nitrogen and oxygen atoms in total. The summed E-state index contributed by atoms with van der Waals surface area (Å²) in [5, 5.41) is 14.5. The highest BCUT2D eigenvalue weighted by Gasteiger charge is 2.10. The van der Waals surface area contributed by atoms with Gasteiger partial charge in [0.1, 0.15) is 5.82 Å². The standard InChI is InChI=1S/C11H16FN3OS/c1-17-6-5-14-7-8-3-2-4-9(10(8)12)11(13)15-16/h2-4,14,16H,5-7H2,1H3,(H2,13,15). The molecule has 1 aromatic carbocycles. The van der Waals surface area contributed by atoms with Crippen molar-refractivity contribution in [3.8, 4) is 0 Å². The maximum atomic E-state index is 13.9. The number of nitrogens with one attached hydrogen (secondary N) is 1. The minimum absolute atomic E-state index is 0.122. The Labute approximate surface area is 104 Å². The van der Waals surface area contributed by atoms with Crippen LogP contribution in [0, 0.1) is 5.82 Å². The summed E-state index contributed by atoms with van der Waals surface area (Å²) >= 11 is 1.72. The van der Waals surface area contributed by atoms with Gasteiger partial charge in [-0.3, -0.25) is 0 Å². The molecule has 0 aliphatic heterocycles.